The van der Waals surface area contributed by atoms with E-state index in [2.05, 4.69) is 26.1 Å². The molecule has 0 fully saturated rings. The van der Waals surface area contributed by atoms with Gasteiger partial charge in [-0.3, -0.25) is 0 Å². The van der Waals surface area contributed by atoms with Gasteiger partial charge < -0.3 is 0 Å². The third-order valence-corrected chi connectivity index (χ3v) is 2.53. The molecule has 1 heterocycles. The molecule has 1 aromatic carbocycles. The molecule has 16 heavy (non-hydrogen) atoms. The molecule has 0 N–H and O–H groups in total. The van der Waals surface area contributed by atoms with E-state index in [1.165, 1.54) is 0 Å². The van der Waals surface area contributed by atoms with Crippen molar-refractivity contribution in [1.29, 1.82) is 0 Å². The van der Waals surface area contributed by atoms with Crippen LogP contribution >= 0.6 is 15.9 Å². The second-order valence-electron chi connectivity index (χ2n) is 2.63. The van der Waals surface area contributed by atoms with E-state index in [1.807, 2.05) is 52.8 Å². The van der Waals surface area contributed by atoms with Gasteiger partial charge in [0.2, 0.25) is 0 Å². The number of hydrogen-bond acceptors (Lipinski definition) is 2. The number of nitrogens with zero attached hydrogens (tertiary/aromatic N) is 2. The fourth-order valence-corrected chi connectivity index (χ4v) is 1.68. The first-order valence-corrected chi connectivity index (χ1v) is 6.45. The van der Waals surface area contributed by atoms with E-state index in [0.717, 1.165) is 20.9 Å². The minimum atomic E-state index is 0.966. The molecule has 0 spiro atoms. The van der Waals surface area contributed by atoms with Crippen LogP contribution in [-0.2, 0) is 0 Å². The van der Waals surface area contributed by atoms with Crippen molar-refractivity contribution < 1.29 is 0 Å². The Balaban J connectivity index is 0.000000509. The van der Waals surface area contributed by atoms with Crippen LogP contribution in [0.1, 0.15) is 33.4 Å². The molecule has 2 nitrogen and oxygen atoms in total. The number of halogens is 1. The first-order chi connectivity index (χ1) is 7.79. The van der Waals surface area contributed by atoms with Crippen LogP contribution in [0.4, 0.5) is 0 Å². The van der Waals surface area contributed by atoms with Gasteiger partial charge in [0.05, 0.1) is 11.9 Å². The molecule has 0 radical (unpaired) electrons. The van der Waals surface area contributed by atoms with E-state index in [-0.39, 0.29) is 0 Å². The molecule has 88 valence electrons. The Kier molecular flexibility index (Phi) is 7.73. The van der Waals surface area contributed by atoms with Crippen molar-refractivity contribution in [2.45, 2.75) is 34.6 Å². The quantitative estimate of drug-likeness (QED) is 0.697. The Labute approximate surface area is 106 Å². The normalized spacial score (nSPS) is 8.62. The van der Waals surface area contributed by atoms with E-state index in [0.29, 0.717) is 0 Å². The molecule has 0 aliphatic carbocycles. The molecule has 0 saturated heterocycles. The van der Waals surface area contributed by atoms with Crippen LogP contribution in [0.5, 0.6) is 0 Å². The molecule has 0 atom stereocenters. The summed E-state index contributed by atoms with van der Waals surface area (Å²) in [6, 6.07) is 6.05. The van der Waals surface area contributed by atoms with Crippen LogP contribution in [0.2, 0.25) is 0 Å². The number of rotatable bonds is 0. The Hall–Kier alpha value is -0.960. The molecule has 0 aliphatic heterocycles. The number of benzene rings is 1. The van der Waals surface area contributed by atoms with Crippen LogP contribution in [0.15, 0.2) is 28.9 Å². The molecule has 0 amide bonds. The monoisotopic (exact) mass is 282 g/mol. The Morgan fingerprint density at radius 3 is 2.19 bits per heavy atom. The molecular formula is C13H19BrN2. The lowest BCUT2D eigenvalue weighted by Crippen LogP contribution is -1.87. The third kappa shape index (κ3) is 3.56. The fourth-order valence-electron chi connectivity index (χ4n) is 1.21. The van der Waals surface area contributed by atoms with Crippen molar-refractivity contribution in [3.63, 3.8) is 0 Å². The van der Waals surface area contributed by atoms with Crippen molar-refractivity contribution >= 4 is 26.7 Å². The Bertz CT molecular complexity index is 386. The lowest BCUT2D eigenvalue weighted by Gasteiger charge is -2.00. The molecule has 0 bridgehead atoms. The number of fused-ring (bicyclic) bond motifs is 1. The molecule has 2 rings (SSSR count). The summed E-state index contributed by atoms with van der Waals surface area (Å²) in [7, 11) is 0. The lowest BCUT2D eigenvalue weighted by molar-refractivity contribution is 1.00. The number of hydrogen-bond donors (Lipinski definition) is 0. The maximum Gasteiger partial charge on any atom is 0.0678 e. The zero-order chi connectivity index (χ0) is 12.6. The van der Waals surface area contributed by atoms with Gasteiger partial charge in [0.1, 0.15) is 0 Å². The fraction of sp³-hybridized carbons (Fsp3) is 0.385. The van der Waals surface area contributed by atoms with Gasteiger partial charge in [-0.05, 0) is 13.0 Å². The summed E-state index contributed by atoms with van der Waals surface area (Å²) in [5, 5.41) is 10.1. The van der Waals surface area contributed by atoms with Gasteiger partial charge in [0.15, 0.2) is 0 Å². The standard InChI is InChI=1S/C9H7BrN2.2C2H6/c1-6-7-3-2-4-9(10)8(7)5-11-12-6;2*1-2/h2-5H,1H3;2*1-2H3. The third-order valence-electron chi connectivity index (χ3n) is 1.84. The highest BCUT2D eigenvalue weighted by atomic mass is 79.9. The van der Waals surface area contributed by atoms with E-state index in [9.17, 15) is 0 Å². The summed E-state index contributed by atoms with van der Waals surface area (Å²) < 4.78 is 1.07. The van der Waals surface area contributed by atoms with E-state index >= 15 is 0 Å². The van der Waals surface area contributed by atoms with Crippen LogP contribution in [-0.4, -0.2) is 10.2 Å². The van der Waals surface area contributed by atoms with Crippen LogP contribution < -0.4 is 0 Å². The molecule has 0 aliphatic rings. The zero-order valence-electron chi connectivity index (χ0n) is 10.6. The van der Waals surface area contributed by atoms with Gasteiger partial charge in [0.25, 0.3) is 0 Å². The average Bonchev–Trinajstić information content (AvgIpc) is 2.36. The summed E-state index contributed by atoms with van der Waals surface area (Å²) >= 11 is 3.46. The van der Waals surface area contributed by atoms with Gasteiger partial charge in [-0.25, -0.2) is 0 Å². The van der Waals surface area contributed by atoms with Gasteiger partial charge in [-0.15, -0.1) is 0 Å². The highest BCUT2D eigenvalue weighted by molar-refractivity contribution is 9.10. The topological polar surface area (TPSA) is 25.8 Å². The first kappa shape index (κ1) is 15.0. The summed E-state index contributed by atoms with van der Waals surface area (Å²) in [6.07, 6.45) is 1.77. The molecule has 0 unspecified atom stereocenters. The largest absolute Gasteiger partial charge is 0.158 e. The highest BCUT2D eigenvalue weighted by Crippen LogP contribution is 2.23. The van der Waals surface area contributed by atoms with Crippen molar-refractivity contribution in [3.8, 4) is 0 Å². The average molecular weight is 283 g/mol. The maximum atomic E-state index is 3.98. The minimum absolute atomic E-state index is 0.966. The molecular weight excluding hydrogens is 264 g/mol. The summed E-state index contributed by atoms with van der Waals surface area (Å²) in [4.78, 5) is 0. The van der Waals surface area contributed by atoms with Crippen LogP contribution in [0.3, 0.4) is 0 Å². The van der Waals surface area contributed by atoms with E-state index in [1.54, 1.807) is 6.20 Å². The predicted octanol–water partition coefficient (Wildman–Crippen LogP) is 4.75. The maximum absolute atomic E-state index is 3.98. The SMILES string of the molecule is CC.CC.Cc1nncc2c(Br)cccc12. The second kappa shape index (κ2) is 8.22. The smallest absolute Gasteiger partial charge is 0.0678 e. The van der Waals surface area contributed by atoms with Crippen molar-refractivity contribution in [1.82, 2.24) is 10.2 Å². The van der Waals surface area contributed by atoms with Crippen molar-refractivity contribution in [3.05, 3.63) is 34.6 Å². The number of aryl methyl sites for hydroxylation is 1. The summed E-state index contributed by atoms with van der Waals surface area (Å²) in [5.74, 6) is 0. The highest BCUT2D eigenvalue weighted by Gasteiger charge is 2.00. The molecule has 0 saturated carbocycles. The van der Waals surface area contributed by atoms with Crippen molar-refractivity contribution in [2.75, 3.05) is 0 Å². The minimum Gasteiger partial charge on any atom is -0.158 e. The Morgan fingerprint density at radius 2 is 1.62 bits per heavy atom. The van der Waals surface area contributed by atoms with E-state index < -0.39 is 0 Å². The summed E-state index contributed by atoms with van der Waals surface area (Å²) in [6.45, 7) is 9.96. The van der Waals surface area contributed by atoms with Crippen LogP contribution in [0.25, 0.3) is 10.8 Å². The van der Waals surface area contributed by atoms with Crippen molar-refractivity contribution in [2.24, 2.45) is 0 Å². The Morgan fingerprint density at radius 1 is 1.00 bits per heavy atom. The lowest BCUT2D eigenvalue weighted by atomic mass is 10.1. The summed E-state index contributed by atoms with van der Waals surface area (Å²) in [5.41, 5.74) is 0.966. The van der Waals surface area contributed by atoms with Gasteiger partial charge in [-0.1, -0.05) is 55.8 Å². The molecule has 3 heteroatoms. The second-order valence-corrected chi connectivity index (χ2v) is 3.49. The van der Waals surface area contributed by atoms with Crippen LogP contribution in [0, 0.1) is 6.92 Å². The van der Waals surface area contributed by atoms with Gasteiger partial charge >= 0.3 is 0 Å². The molecule has 1 aromatic heterocycles. The van der Waals surface area contributed by atoms with Gasteiger partial charge in [0, 0.05) is 15.2 Å². The zero-order valence-corrected chi connectivity index (χ0v) is 12.2. The first-order valence-electron chi connectivity index (χ1n) is 5.65. The molecule has 2 aromatic rings. The predicted molar refractivity (Wildman–Crippen MR) is 74.7 cm³/mol. The van der Waals surface area contributed by atoms with Gasteiger partial charge in [-0.2, -0.15) is 10.2 Å². The number of aromatic nitrogens is 2. The van der Waals surface area contributed by atoms with E-state index in [4.69, 9.17) is 0 Å².